The zero-order valence-corrected chi connectivity index (χ0v) is 13.2. The molecule has 1 N–H and O–H groups in total. The van der Waals surface area contributed by atoms with Crippen LogP contribution in [0.2, 0.25) is 5.02 Å². The van der Waals surface area contributed by atoms with Crippen LogP contribution in [0.5, 0.6) is 5.88 Å². The van der Waals surface area contributed by atoms with Gasteiger partial charge in [-0.15, -0.1) is 11.3 Å². The minimum Gasteiger partial charge on any atom is -0.473 e. The van der Waals surface area contributed by atoms with Gasteiger partial charge in [0.1, 0.15) is 11.1 Å². The van der Waals surface area contributed by atoms with Crippen LogP contribution in [0.15, 0.2) is 23.8 Å². The number of amides is 1. The first-order chi connectivity index (χ1) is 10.7. The summed E-state index contributed by atoms with van der Waals surface area (Å²) in [6, 6.07) is 1.55. The van der Waals surface area contributed by atoms with E-state index in [0.29, 0.717) is 34.8 Å². The molecule has 2 aromatic rings. The molecule has 116 valence electrons. The van der Waals surface area contributed by atoms with E-state index < -0.39 is 0 Å². The summed E-state index contributed by atoms with van der Waals surface area (Å²) in [4.78, 5) is 20.2. The van der Waals surface area contributed by atoms with E-state index in [9.17, 15) is 4.79 Å². The Balaban J connectivity index is 1.67. The summed E-state index contributed by atoms with van der Waals surface area (Å²) in [7, 11) is 0. The maximum atomic E-state index is 12.1. The van der Waals surface area contributed by atoms with Crippen LogP contribution in [-0.2, 0) is 4.74 Å². The fraction of sp³-hybridized carbons (Fsp3) is 0.357. The standard InChI is InChI=1S/C14H14ClN3O3S/c15-11-7-9(12(19)18-14-16-3-6-22-14)8-17-13(11)21-10-1-4-20-5-2-10/h3,6-8,10H,1-2,4-5H2,(H,16,18,19). The molecule has 0 spiro atoms. The first-order valence-electron chi connectivity index (χ1n) is 6.83. The van der Waals surface area contributed by atoms with Gasteiger partial charge in [0, 0.05) is 30.6 Å². The Bertz CT molecular complexity index is 645. The molecule has 8 heteroatoms. The maximum Gasteiger partial charge on any atom is 0.259 e. The third-order valence-corrected chi connectivity index (χ3v) is 4.13. The van der Waals surface area contributed by atoms with Crippen molar-refractivity contribution < 1.29 is 14.3 Å². The van der Waals surface area contributed by atoms with Crippen molar-refractivity contribution in [1.29, 1.82) is 0 Å². The molecule has 0 saturated carbocycles. The molecular weight excluding hydrogens is 326 g/mol. The van der Waals surface area contributed by atoms with Gasteiger partial charge in [0.25, 0.3) is 5.91 Å². The SMILES string of the molecule is O=C(Nc1nccs1)c1cnc(OC2CCOCC2)c(Cl)c1. The Hall–Kier alpha value is -1.70. The third-order valence-electron chi connectivity index (χ3n) is 3.17. The molecular formula is C14H14ClN3O3S. The minimum absolute atomic E-state index is 0.0498. The largest absolute Gasteiger partial charge is 0.473 e. The van der Waals surface area contributed by atoms with Crippen LogP contribution in [0.1, 0.15) is 23.2 Å². The molecule has 0 aromatic carbocycles. The van der Waals surface area contributed by atoms with Crippen LogP contribution in [-0.4, -0.2) is 35.2 Å². The Morgan fingerprint density at radius 2 is 2.23 bits per heavy atom. The normalized spacial score (nSPS) is 15.5. The summed E-state index contributed by atoms with van der Waals surface area (Å²) < 4.78 is 11.0. The molecule has 1 fully saturated rings. The number of anilines is 1. The van der Waals surface area contributed by atoms with Crippen LogP contribution in [0, 0.1) is 0 Å². The Morgan fingerprint density at radius 1 is 1.41 bits per heavy atom. The number of nitrogens with zero attached hydrogens (tertiary/aromatic N) is 2. The van der Waals surface area contributed by atoms with Crippen molar-refractivity contribution in [2.24, 2.45) is 0 Å². The molecule has 0 radical (unpaired) electrons. The number of hydrogen-bond acceptors (Lipinski definition) is 6. The second kappa shape index (κ2) is 7.04. The van der Waals surface area contributed by atoms with Gasteiger partial charge in [-0.3, -0.25) is 10.1 Å². The van der Waals surface area contributed by atoms with E-state index in [-0.39, 0.29) is 12.0 Å². The van der Waals surface area contributed by atoms with Crippen molar-refractivity contribution in [3.63, 3.8) is 0 Å². The van der Waals surface area contributed by atoms with Gasteiger partial charge in [-0.2, -0.15) is 0 Å². The molecule has 6 nitrogen and oxygen atoms in total. The average molecular weight is 340 g/mol. The van der Waals surface area contributed by atoms with E-state index in [4.69, 9.17) is 21.1 Å². The van der Waals surface area contributed by atoms with Crippen LogP contribution >= 0.6 is 22.9 Å². The van der Waals surface area contributed by atoms with Gasteiger partial charge in [0.15, 0.2) is 5.13 Å². The summed E-state index contributed by atoms with van der Waals surface area (Å²) in [6.07, 6.45) is 4.74. The molecule has 3 rings (SSSR count). The van der Waals surface area contributed by atoms with Crippen molar-refractivity contribution in [3.8, 4) is 5.88 Å². The first-order valence-corrected chi connectivity index (χ1v) is 8.09. The quantitative estimate of drug-likeness (QED) is 0.927. The zero-order chi connectivity index (χ0) is 15.4. The van der Waals surface area contributed by atoms with E-state index in [1.807, 2.05) is 0 Å². The lowest BCUT2D eigenvalue weighted by atomic mass is 10.1. The number of thiazole rings is 1. The maximum absolute atomic E-state index is 12.1. The highest BCUT2D eigenvalue weighted by Crippen LogP contribution is 2.26. The summed E-state index contributed by atoms with van der Waals surface area (Å²) >= 11 is 7.51. The molecule has 3 heterocycles. The molecule has 0 bridgehead atoms. The number of nitrogens with one attached hydrogen (secondary N) is 1. The van der Waals surface area contributed by atoms with Gasteiger partial charge < -0.3 is 9.47 Å². The van der Waals surface area contributed by atoms with Gasteiger partial charge in [0.05, 0.1) is 18.8 Å². The Morgan fingerprint density at radius 3 is 2.91 bits per heavy atom. The van der Waals surface area contributed by atoms with Gasteiger partial charge in [-0.25, -0.2) is 9.97 Å². The number of pyridine rings is 1. The highest BCUT2D eigenvalue weighted by atomic mass is 35.5. The van der Waals surface area contributed by atoms with Gasteiger partial charge >= 0.3 is 0 Å². The van der Waals surface area contributed by atoms with E-state index in [1.165, 1.54) is 17.5 Å². The fourth-order valence-corrected chi connectivity index (χ4v) is 2.78. The molecule has 0 atom stereocenters. The molecule has 1 saturated heterocycles. The number of rotatable bonds is 4. The highest BCUT2D eigenvalue weighted by Gasteiger charge is 2.18. The van der Waals surface area contributed by atoms with E-state index in [2.05, 4.69) is 15.3 Å². The topological polar surface area (TPSA) is 73.3 Å². The minimum atomic E-state index is -0.304. The lowest BCUT2D eigenvalue weighted by molar-refractivity contribution is 0.0238. The van der Waals surface area contributed by atoms with Crippen LogP contribution in [0.3, 0.4) is 0 Å². The zero-order valence-electron chi connectivity index (χ0n) is 11.6. The number of aromatic nitrogens is 2. The second-order valence-corrected chi connectivity index (χ2v) is 6.03. The number of ether oxygens (including phenoxy) is 2. The van der Waals surface area contributed by atoms with E-state index in [1.54, 1.807) is 17.6 Å². The first kappa shape index (κ1) is 15.2. The average Bonchev–Trinajstić information content (AvgIpc) is 3.03. The summed E-state index contributed by atoms with van der Waals surface area (Å²) in [5.41, 5.74) is 0.361. The van der Waals surface area contributed by atoms with E-state index in [0.717, 1.165) is 12.8 Å². The number of halogens is 1. The lowest BCUT2D eigenvalue weighted by Gasteiger charge is -2.23. The number of hydrogen-bond donors (Lipinski definition) is 1. The number of carbonyl (C=O) groups is 1. The molecule has 0 unspecified atom stereocenters. The predicted octanol–water partition coefficient (Wildman–Crippen LogP) is 3.00. The Labute approximate surface area is 136 Å². The van der Waals surface area contributed by atoms with Crippen molar-refractivity contribution in [2.45, 2.75) is 18.9 Å². The van der Waals surface area contributed by atoms with Crippen molar-refractivity contribution in [2.75, 3.05) is 18.5 Å². The summed E-state index contributed by atoms with van der Waals surface area (Å²) in [6.45, 7) is 1.35. The molecule has 1 aliphatic rings. The third kappa shape index (κ3) is 3.73. The summed E-state index contributed by atoms with van der Waals surface area (Å²) in [5, 5.41) is 5.31. The molecule has 2 aromatic heterocycles. The van der Waals surface area contributed by atoms with Crippen LogP contribution in [0.25, 0.3) is 0 Å². The smallest absolute Gasteiger partial charge is 0.259 e. The monoisotopic (exact) mass is 339 g/mol. The number of carbonyl (C=O) groups excluding carboxylic acids is 1. The van der Waals surface area contributed by atoms with Crippen molar-refractivity contribution in [3.05, 3.63) is 34.4 Å². The Kier molecular flexibility index (Phi) is 4.87. The van der Waals surface area contributed by atoms with Crippen LogP contribution in [0.4, 0.5) is 5.13 Å². The van der Waals surface area contributed by atoms with Gasteiger partial charge in [-0.1, -0.05) is 11.6 Å². The molecule has 1 aliphatic heterocycles. The van der Waals surface area contributed by atoms with Crippen molar-refractivity contribution in [1.82, 2.24) is 9.97 Å². The second-order valence-electron chi connectivity index (χ2n) is 4.73. The molecule has 1 amide bonds. The van der Waals surface area contributed by atoms with E-state index >= 15 is 0 Å². The van der Waals surface area contributed by atoms with Crippen molar-refractivity contribution >= 4 is 34.0 Å². The predicted molar refractivity (Wildman–Crippen MR) is 83.8 cm³/mol. The van der Waals surface area contributed by atoms with Crippen LogP contribution < -0.4 is 10.1 Å². The lowest BCUT2D eigenvalue weighted by Crippen LogP contribution is -2.26. The fourth-order valence-electron chi connectivity index (χ4n) is 2.04. The van der Waals surface area contributed by atoms with Gasteiger partial charge in [-0.05, 0) is 6.07 Å². The summed E-state index contributed by atoms with van der Waals surface area (Å²) in [5.74, 6) is 0.0429. The highest BCUT2D eigenvalue weighted by molar-refractivity contribution is 7.13. The van der Waals surface area contributed by atoms with Gasteiger partial charge in [0.2, 0.25) is 5.88 Å². The molecule has 0 aliphatic carbocycles. The molecule has 22 heavy (non-hydrogen) atoms.